The van der Waals surface area contributed by atoms with Gasteiger partial charge in [-0.2, -0.15) is 0 Å². The summed E-state index contributed by atoms with van der Waals surface area (Å²) in [5, 5.41) is 10.4. The summed E-state index contributed by atoms with van der Waals surface area (Å²) in [7, 11) is 0. The Kier molecular flexibility index (Phi) is 6.89. The topological polar surface area (TPSA) is 99.1 Å². The van der Waals surface area contributed by atoms with Gasteiger partial charge >= 0.3 is 17.9 Å². The van der Waals surface area contributed by atoms with Crippen LogP contribution < -0.4 is 0 Å². The maximum Gasteiger partial charge on any atom is 0.331 e. The van der Waals surface area contributed by atoms with Gasteiger partial charge in [-0.3, -0.25) is 9.59 Å². The lowest BCUT2D eigenvalue weighted by Crippen LogP contribution is -2.64. The second-order valence-electron chi connectivity index (χ2n) is 13.2. The number of hydrogen-bond acceptors (Lipinski definition) is 7. The van der Waals surface area contributed by atoms with E-state index in [2.05, 4.69) is 20.8 Å². The Balaban J connectivity index is 1.72. The second-order valence-corrected chi connectivity index (χ2v) is 13.2. The van der Waals surface area contributed by atoms with Gasteiger partial charge in [0.1, 0.15) is 17.8 Å². The monoisotopic (exact) mass is 504 g/mol. The van der Waals surface area contributed by atoms with E-state index in [4.69, 9.17) is 14.2 Å². The average molecular weight is 505 g/mol. The zero-order chi connectivity index (χ0) is 26.7. The van der Waals surface area contributed by atoms with Gasteiger partial charge in [-0.15, -0.1) is 0 Å². The number of carbonyl (C=O) groups is 3. The molecule has 4 aliphatic rings. The van der Waals surface area contributed by atoms with Gasteiger partial charge in [-0.1, -0.05) is 26.3 Å². The molecule has 4 saturated carbocycles. The van der Waals surface area contributed by atoms with Crippen molar-refractivity contribution in [1.82, 2.24) is 0 Å². The molecule has 4 aliphatic carbocycles. The van der Waals surface area contributed by atoms with E-state index in [0.29, 0.717) is 18.8 Å². The highest BCUT2D eigenvalue weighted by Crippen LogP contribution is 2.73. The highest BCUT2D eigenvalue weighted by molar-refractivity contribution is 5.82. The summed E-state index contributed by atoms with van der Waals surface area (Å²) in [5.74, 6) is -0.320. The van der Waals surface area contributed by atoms with E-state index in [9.17, 15) is 19.5 Å². The van der Waals surface area contributed by atoms with Crippen LogP contribution in [0.1, 0.15) is 93.4 Å². The summed E-state index contributed by atoms with van der Waals surface area (Å²) in [6, 6.07) is 0. The Bertz CT molecular complexity index is 949. The standard InChI is InChI=1S/C29H44O7/c1-17(2)12-24(33)35-21-14-27(7)22(26(5,6)25(21)34-18(3)31)10-11-28-13-20(8-9-23(27)28)29(15-28,16-30)36-19(4)32/h12,20-23,25,30H,8-11,13-16H2,1-7H3. The molecule has 8 unspecified atom stereocenters. The molecule has 0 aromatic rings. The van der Waals surface area contributed by atoms with E-state index in [1.807, 2.05) is 13.8 Å². The molecule has 202 valence electrons. The number of allylic oxidation sites excluding steroid dienone is 1. The van der Waals surface area contributed by atoms with Gasteiger partial charge in [0.25, 0.3) is 0 Å². The SMILES string of the molecule is CC(=O)OC1C(OC(=O)C=C(C)C)CC2(C)C3CCC4CC3(CCC2C1(C)C)CC4(CO)OC(C)=O. The molecular weight excluding hydrogens is 460 g/mol. The van der Waals surface area contributed by atoms with Crippen LogP contribution in [0.25, 0.3) is 0 Å². The molecule has 0 aliphatic heterocycles. The second kappa shape index (κ2) is 9.14. The predicted octanol–water partition coefficient (Wildman–Crippen LogP) is 4.74. The quantitative estimate of drug-likeness (QED) is 0.328. The van der Waals surface area contributed by atoms with E-state index < -0.39 is 29.2 Å². The van der Waals surface area contributed by atoms with E-state index in [1.54, 1.807) is 0 Å². The van der Waals surface area contributed by atoms with E-state index in [0.717, 1.165) is 37.7 Å². The maximum absolute atomic E-state index is 12.7. The van der Waals surface area contributed by atoms with Gasteiger partial charge < -0.3 is 19.3 Å². The first kappa shape index (κ1) is 27.2. The van der Waals surface area contributed by atoms with Crippen LogP contribution in [-0.4, -0.2) is 47.4 Å². The van der Waals surface area contributed by atoms with Crippen molar-refractivity contribution >= 4 is 17.9 Å². The summed E-state index contributed by atoms with van der Waals surface area (Å²) < 4.78 is 17.8. The third-order valence-corrected chi connectivity index (χ3v) is 10.3. The zero-order valence-electron chi connectivity index (χ0n) is 23.0. The Morgan fingerprint density at radius 3 is 2.19 bits per heavy atom. The van der Waals surface area contributed by atoms with Gasteiger partial charge in [-0.05, 0) is 81.5 Å². The third kappa shape index (κ3) is 4.29. The first-order chi connectivity index (χ1) is 16.7. The molecule has 4 fully saturated rings. The molecule has 0 radical (unpaired) electrons. The summed E-state index contributed by atoms with van der Waals surface area (Å²) in [6.07, 6.45) is 6.53. The number of hydrogen-bond donors (Lipinski definition) is 1. The molecule has 0 saturated heterocycles. The Morgan fingerprint density at radius 1 is 0.917 bits per heavy atom. The smallest absolute Gasteiger partial charge is 0.331 e. The molecule has 7 nitrogen and oxygen atoms in total. The Hall–Kier alpha value is -1.89. The molecule has 8 atom stereocenters. The summed E-state index contributed by atoms with van der Waals surface area (Å²) in [4.78, 5) is 36.9. The maximum atomic E-state index is 12.7. The van der Waals surface area contributed by atoms with Gasteiger partial charge in [0.05, 0.1) is 6.61 Å². The number of ether oxygens (including phenoxy) is 3. The number of aliphatic hydroxyl groups excluding tert-OH is 1. The molecule has 0 heterocycles. The highest BCUT2D eigenvalue weighted by Gasteiger charge is 2.70. The lowest BCUT2D eigenvalue weighted by molar-refractivity contribution is -0.234. The fourth-order valence-corrected chi connectivity index (χ4v) is 9.47. The summed E-state index contributed by atoms with van der Waals surface area (Å²) >= 11 is 0. The van der Waals surface area contributed by atoms with Crippen LogP contribution in [-0.2, 0) is 28.6 Å². The van der Waals surface area contributed by atoms with Crippen molar-refractivity contribution in [3.63, 3.8) is 0 Å². The van der Waals surface area contributed by atoms with Crippen molar-refractivity contribution in [3.8, 4) is 0 Å². The van der Waals surface area contributed by atoms with Crippen LogP contribution in [0, 0.1) is 34.0 Å². The minimum absolute atomic E-state index is 0.0227. The molecule has 7 heteroatoms. The fraction of sp³-hybridized carbons (Fsp3) is 0.828. The summed E-state index contributed by atoms with van der Waals surface area (Å²) in [5.41, 5.74) is -0.513. The minimum Gasteiger partial charge on any atom is -0.458 e. The van der Waals surface area contributed by atoms with Gasteiger partial charge in [0.2, 0.25) is 0 Å². The lowest BCUT2D eigenvalue weighted by atomic mass is 9.40. The van der Waals surface area contributed by atoms with Crippen molar-refractivity contribution in [1.29, 1.82) is 0 Å². The van der Waals surface area contributed by atoms with E-state index in [-0.39, 0.29) is 41.2 Å². The molecule has 1 spiro atoms. The molecular formula is C29H44O7. The average Bonchev–Trinajstić information content (AvgIpc) is 2.95. The highest BCUT2D eigenvalue weighted by atomic mass is 16.6. The number of rotatable bonds is 5. The van der Waals surface area contributed by atoms with Crippen LogP contribution >= 0.6 is 0 Å². The van der Waals surface area contributed by atoms with Crippen molar-refractivity contribution in [2.45, 2.75) is 111 Å². The normalized spacial score (nSPS) is 42.4. The predicted molar refractivity (Wildman–Crippen MR) is 134 cm³/mol. The van der Waals surface area contributed by atoms with Crippen LogP contribution in [0.5, 0.6) is 0 Å². The van der Waals surface area contributed by atoms with Gasteiger partial charge in [-0.25, -0.2) is 4.79 Å². The van der Waals surface area contributed by atoms with Gasteiger partial charge in [0.15, 0.2) is 0 Å². The Morgan fingerprint density at radius 2 is 1.61 bits per heavy atom. The van der Waals surface area contributed by atoms with Crippen LogP contribution in [0.15, 0.2) is 11.6 Å². The fourth-order valence-electron chi connectivity index (χ4n) is 9.47. The number of carbonyl (C=O) groups excluding carboxylic acids is 3. The summed E-state index contributed by atoms with van der Waals surface area (Å²) in [6.45, 7) is 13.0. The van der Waals surface area contributed by atoms with Crippen molar-refractivity contribution in [2.75, 3.05) is 6.61 Å². The van der Waals surface area contributed by atoms with Crippen molar-refractivity contribution in [2.24, 2.45) is 34.0 Å². The minimum atomic E-state index is -0.802. The molecule has 36 heavy (non-hydrogen) atoms. The number of esters is 3. The largest absolute Gasteiger partial charge is 0.458 e. The number of fused-ring (bicyclic) bond motifs is 3. The van der Waals surface area contributed by atoms with Gasteiger partial charge in [0, 0.05) is 31.3 Å². The van der Waals surface area contributed by atoms with Crippen LogP contribution in [0.2, 0.25) is 0 Å². The molecule has 1 N–H and O–H groups in total. The van der Waals surface area contributed by atoms with Crippen molar-refractivity contribution < 1.29 is 33.7 Å². The molecule has 0 amide bonds. The third-order valence-electron chi connectivity index (χ3n) is 10.3. The number of aliphatic hydroxyl groups is 1. The molecule has 4 rings (SSSR count). The van der Waals surface area contributed by atoms with Crippen LogP contribution in [0.4, 0.5) is 0 Å². The first-order valence-electron chi connectivity index (χ1n) is 13.5. The zero-order valence-corrected chi connectivity index (χ0v) is 23.0. The van der Waals surface area contributed by atoms with Crippen molar-refractivity contribution in [3.05, 3.63) is 11.6 Å². The van der Waals surface area contributed by atoms with Crippen LogP contribution in [0.3, 0.4) is 0 Å². The Labute approximate surface area is 215 Å². The lowest BCUT2D eigenvalue weighted by Gasteiger charge is -2.65. The van der Waals surface area contributed by atoms with E-state index >= 15 is 0 Å². The molecule has 2 bridgehead atoms. The van der Waals surface area contributed by atoms with E-state index in [1.165, 1.54) is 19.9 Å². The molecule has 0 aromatic carbocycles. The first-order valence-corrected chi connectivity index (χ1v) is 13.5. The molecule has 0 aromatic heterocycles.